The van der Waals surface area contributed by atoms with Crippen LogP contribution in [-0.2, 0) is 29.4 Å². The van der Waals surface area contributed by atoms with Crippen molar-refractivity contribution in [1.82, 2.24) is 13.9 Å². The zero-order valence-corrected chi connectivity index (χ0v) is 18.5. The smallest absolute Gasteiger partial charge is 0.263 e. The summed E-state index contributed by atoms with van der Waals surface area (Å²) in [6.45, 7) is 5.37. The average molecular weight is 440 g/mol. The van der Waals surface area contributed by atoms with E-state index in [2.05, 4.69) is 6.58 Å². The predicted octanol–water partition coefficient (Wildman–Crippen LogP) is 2.90. The van der Waals surface area contributed by atoms with Crippen LogP contribution in [0.25, 0.3) is 10.2 Å². The number of rotatable bonds is 6. The van der Waals surface area contributed by atoms with E-state index in [0.717, 1.165) is 41.7 Å². The minimum atomic E-state index is -3.13. The lowest BCUT2D eigenvalue weighted by atomic mass is 9.97. The van der Waals surface area contributed by atoms with E-state index in [1.165, 1.54) is 23.1 Å². The summed E-state index contributed by atoms with van der Waals surface area (Å²) in [4.78, 5) is 20.3. The second-order valence-corrected chi connectivity index (χ2v) is 11.6. The number of aromatic nitrogens is 2. The maximum atomic E-state index is 13.2. The number of thioether (sulfide) groups is 1. The third-order valence-corrected chi connectivity index (χ3v) is 9.18. The van der Waals surface area contributed by atoms with E-state index in [1.807, 2.05) is 0 Å². The van der Waals surface area contributed by atoms with Crippen LogP contribution >= 0.6 is 23.1 Å². The summed E-state index contributed by atoms with van der Waals surface area (Å²) < 4.78 is 26.7. The van der Waals surface area contributed by atoms with Crippen LogP contribution < -0.4 is 5.56 Å². The number of hydrogen-bond donors (Lipinski definition) is 0. The number of allylic oxidation sites excluding steroid dienone is 1. The summed E-state index contributed by atoms with van der Waals surface area (Å²) in [6.07, 6.45) is 8.17. The molecule has 4 rings (SSSR count). The second-order valence-electron chi connectivity index (χ2n) is 7.58. The molecule has 152 valence electrons. The first-order chi connectivity index (χ1) is 13.4. The van der Waals surface area contributed by atoms with E-state index in [0.29, 0.717) is 24.8 Å². The van der Waals surface area contributed by atoms with Crippen molar-refractivity contribution in [2.45, 2.75) is 43.8 Å². The molecule has 0 N–H and O–H groups in total. The van der Waals surface area contributed by atoms with Crippen LogP contribution in [0.1, 0.15) is 29.7 Å². The van der Waals surface area contributed by atoms with Crippen molar-refractivity contribution >= 4 is 43.3 Å². The minimum absolute atomic E-state index is 0.0379. The molecule has 2 aliphatic rings. The summed E-state index contributed by atoms with van der Waals surface area (Å²) in [5.41, 5.74) is 1.24. The molecule has 0 saturated carbocycles. The quantitative estimate of drug-likeness (QED) is 0.393. The zero-order valence-electron chi connectivity index (χ0n) is 16.0. The molecule has 0 spiro atoms. The zero-order chi connectivity index (χ0) is 19.9. The van der Waals surface area contributed by atoms with E-state index in [-0.39, 0.29) is 11.5 Å². The number of thiophene rings is 1. The van der Waals surface area contributed by atoms with Gasteiger partial charge in [-0.15, -0.1) is 17.9 Å². The number of hydrogen-bond acceptors (Lipinski definition) is 6. The Morgan fingerprint density at radius 1 is 1.36 bits per heavy atom. The molecule has 1 saturated heterocycles. The Bertz CT molecular complexity index is 1070. The number of sulfonamides is 1. The number of fused-ring (bicyclic) bond motifs is 3. The molecular formula is C19H25N3O3S3. The monoisotopic (exact) mass is 439 g/mol. The third kappa shape index (κ3) is 3.81. The molecule has 2 aromatic rings. The van der Waals surface area contributed by atoms with Gasteiger partial charge < -0.3 is 0 Å². The third-order valence-electron chi connectivity index (χ3n) is 5.52. The molecule has 0 amide bonds. The highest BCUT2D eigenvalue weighted by Crippen LogP contribution is 2.35. The first-order valence-corrected chi connectivity index (χ1v) is 13.3. The van der Waals surface area contributed by atoms with Gasteiger partial charge in [0.05, 0.1) is 11.6 Å². The van der Waals surface area contributed by atoms with Crippen LogP contribution in [0.15, 0.2) is 22.6 Å². The molecule has 28 heavy (non-hydrogen) atoms. The Labute approximate surface area is 173 Å². The van der Waals surface area contributed by atoms with Crippen LogP contribution in [-0.4, -0.2) is 47.4 Å². The fraction of sp³-hybridized carbons (Fsp3) is 0.579. The second kappa shape index (κ2) is 7.93. The Morgan fingerprint density at radius 2 is 2.14 bits per heavy atom. The first-order valence-electron chi connectivity index (χ1n) is 9.62. The molecule has 3 heterocycles. The highest BCUT2D eigenvalue weighted by Gasteiger charge is 2.29. The SMILES string of the molecule is C=CCn1c(SCC2CCN(S(C)(=O)=O)C2)nc2sc3c(c2c1=O)CCCC3. The van der Waals surface area contributed by atoms with Crippen LogP contribution in [0.3, 0.4) is 0 Å². The van der Waals surface area contributed by atoms with Gasteiger partial charge in [0.15, 0.2) is 5.16 Å². The standard InChI is InChI=1S/C19H25N3O3S3/c1-3-9-22-18(23)16-14-6-4-5-7-15(14)27-17(16)20-19(22)26-12-13-8-10-21(11-13)28(2,24)25/h3,13H,1,4-12H2,2H3. The largest absolute Gasteiger partial charge is 0.283 e. The lowest BCUT2D eigenvalue weighted by molar-refractivity contribution is 0.470. The van der Waals surface area contributed by atoms with Crippen LogP contribution in [0.5, 0.6) is 0 Å². The van der Waals surface area contributed by atoms with Crippen molar-refractivity contribution in [3.8, 4) is 0 Å². The van der Waals surface area contributed by atoms with Gasteiger partial charge in [-0.3, -0.25) is 9.36 Å². The molecule has 6 nitrogen and oxygen atoms in total. The Balaban J connectivity index is 1.62. The van der Waals surface area contributed by atoms with Crippen molar-refractivity contribution in [3.05, 3.63) is 33.4 Å². The molecule has 1 atom stereocenters. The average Bonchev–Trinajstić information content (AvgIpc) is 3.26. The molecule has 2 aromatic heterocycles. The van der Waals surface area contributed by atoms with Crippen molar-refractivity contribution in [3.63, 3.8) is 0 Å². The highest BCUT2D eigenvalue weighted by molar-refractivity contribution is 7.99. The van der Waals surface area contributed by atoms with Gasteiger partial charge in [0.2, 0.25) is 10.0 Å². The van der Waals surface area contributed by atoms with Crippen LogP contribution in [0.4, 0.5) is 0 Å². The lowest BCUT2D eigenvalue weighted by Crippen LogP contribution is -2.28. The van der Waals surface area contributed by atoms with Gasteiger partial charge in [-0.1, -0.05) is 17.8 Å². The van der Waals surface area contributed by atoms with Gasteiger partial charge in [0, 0.05) is 30.3 Å². The number of nitrogens with zero attached hydrogens (tertiary/aromatic N) is 3. The molecule has 1 aliphatic carbocycles. The van der Waals surface area contributed by atoms with Crippen molar-refractivity contribution < 1.29 is 8.42 Å². The van der Waals surface area contributed by atoms with Crippen LogP contribution in [0.2, 0.25) is 0 Å². The molecule has 1 fully saturated rings. The molecule has 0 radical (unpaired) electrons. The minimum Gasteiger partial charge on any atom is -0.283 e. The molecule has 1 aliphatic heterocycles. The molecule has 1 unspecified atom stereocenters. The van der Waals surface area contributed by atoms with Gasteiger partial charge in [-0.2, -0.15) is 0 Å². The summed E-state index contributed by atoms with van der Waals surface area (Å²) in [6, 6.07) is 0. The van der Waals surface area contributed by atoms with Crippen LogP contribution in [0, 0.1) is 5.92 Å². The summed E-state index contributed by atoms with van der Waals surface area (Å²) >= 11 is 3.23. The van der Waals surface area contributed by atoms with E-state index >= 15 is 0 Å². The predicted molar refractivity (Wildman–Crippen MR) is 116 cm³/mol. The molecular weight excluding hydrogens is 414 g/mol. The molecule has 0 bridgehead atoms. The van der Waals surface area contributed by atoms with Gasteiger partial charge in [-0.05, 0) is 43.6 Å². The Kier molecular flexibility index (Phi) is 5.70. The van der Waals surface area contributed by atoms with Gasteiger partial charge in [-0.25, -0.2) is 17.7 Å². The van der Waals surface area contributed by atoms with Crippen molar-refractivity contribution in [2.75, 3.05) is 25.1 Å². The normalized spacial score (nSPS) is 20.5. The maximum absolute atomic E-state index is 13.2. The van der Waals surface area contributed by atoms with E-state index < -0.39 is 10.0 Å². The Hall–Kier alpha value is -1.16. The van der Waals surface area contributed by atoms with E-state index in [9.17, 15) is 13.2 Å². The first kappa shape index (κ1) is 20.1. The lowest BCUT2D eigenvalue weighted by Gasteiger charge is -2.15. The van der Waals surface area contributed by atoms with Crippen molar-refractivity contribution in [2.24, 2.45) is 5.92 Å². The van der Waals surface area contributed by atoms with Gasteiger partial charge in [0.1, 0.15) is 4.83 Å². The van der Waals surface area contributed by atoms with Crippen molar-refractivity contribution in [1.29, 1.82) is 0 Å². The highest BCUT2D eigenvalue weighted by atomic mass is 32.2. The maximum Gasteiger partial charge on any atom is 0.263 e. The van der Waals surface area contributed by atoms with Gasteiger partial charge >= 0.3 is 0 Å². The number of aryl methyl sites for hydroxylation is 2. The van der Waals surface area contributed by atoms with Gasteiger partial charge in [0.25, 0.3) is 5.56 Å². The fourth-order valence-electron chi connectivity index (χ4n) is 4.05. The summed E-state index contributed by atoms with van der Waals surface area (Å²) in [5.74, 6) is 1.03. The molecule has 9 heteroatoms. The topological polar surface area (TPSA) is 72.3 Å². The molecule has 0 aromatic carbocycles. The van der Waals surface area contributed by atoms with E-state index in [4.69, 9.17) is 4.98 Å². The summed E-state index contributed by atoms with van der Waals surface area (Å²) in [5, 5.41) is 1.52. The summed E-state index contributed by atoms with van der Waals surface area (Å²) in [7, 11) is -3.13. The van der Waals surface area contributed by atoms with E-state index in [1.54, 1.807) is 38.0 Å². The fourth-order valence-corrected chi connectivity index (χ4v) is 7.40. The Morgan fingerprint density at radius 3 is 2.86 bits per heavy atom.